The summed E-state index contributed by atoms with van der Waals surface area (Å²) in [5, 5.41) is 17.9. The highest BCUT2D eigenvalue weighted by Gasteiger charge is 2.50. The minimum absolute atomic E-state index is 0.145. The molecule has 3 aromatic heterocycles. The number of piperidine rings is 1. The number of benzene rings is 1. The van der Waals surface area contributed by atoms with Gasteiger partial charge in [-0.3, -0.25) is 9.69 Å². The molecule has 11 heteroatoms. The van der Waals surface area contributed by atoms with Crippen LogP contribution in [0.2, 0.25) is 0 Å². The zero-order valence-electron chi connectivity index (χ0n) is 24.0. The molecule has 2 N–H and O–H groups in total. The third-order valence-electron chi connectivity index (χ3n) is 9.22. The van der Waals surface area contributed by atoms with Crippen molar-refractivity contribution in [3.63, 3.8) is 0 Å². The van der Waals surface area contributed by atoms with Gasteiger partial charge in [0.25, 0.3) is 11.8 Å². The number of primary amides is 1. The number of hydrogen-bond donors (Lipinski definition) is 1. The third-order valence-corrected chi connectivity index (χ3v) is 9.22. The normalized spacial score (nSPS) is 25.7. The number of nitriles is 1. The lowest BCUT2D eigenvalue weighted by atomic mass is 9.57. The fraction of sp³-hybridized carbons (Fsp3) is 0.452. The van der Waals surface area contributed by atoms with Crippen molar-refractivity contribution < 1.29 is 13.6 Å². The monoisotopic (exact) mass is 572 g/mol. The Balaban J connectivity index is 1.42. The number of carbonyl (C=O) groups excluding carboxylic acids is 1. The van der Waals surface area contributed by atoms with Crippen molar-refractivity contribution in [3.8, 4) is 11.8 Å². The van der Waals surface area contributed by atoms with E-state index >= 15 is 0 Å². The van der Waals surface area contributed by atoms with Crippen LogP contribution in [0.4, 0.5) is 8.78 Å². The summed E-state index contributed by atoms with van der Waals surface area (Å²) >= 11 is 0. The van der Waals surface area contributed by atoms with Crippen LogP contribution in [0, 0.1) is 29.1 Å². The molecular formula is C31H34F2N8O. The molecule has 1 saturated carbocycles. The molecule has 2 fully saturated rings. The second-order valence-electron chi connectivity index (χ2n) is 12.2. The quantitative estimate of drug-likeness (QED) is 0.346. The van der Waals surface area contributed by atoms with Crippen molar-refractivity contribution in [1.29, 1.82) is 5.26 Å². The smallest absolute Gasteiger partial charge is 0.267 e. The maximum absolute atomic E-state index is 14.6. The van der Waals surface area contributed by atoms with Gasteiger partial charge in [-0.2, -0.15) is 5.26 Å². The number of fused-ring (bicyclic) bond motifs is 1. The summed E-state index contributed by atoms with van der Waals surface area (Å²) in [6.07, 6.45) is 5.71. The molecule has 1 aliphatic heterocycles. The summed E-state index contributed by atoms with van der Waals surface area (Å²) in [5.41, 5.74) is 9.60. The molecule has 42 heavy (non-hydrogen) atoms. The van der Waals surface area contributed by atoms with Crippen LogP contribution in [0.5, 0.6) is 0 Å². The lowest BCUT2D eigenvalue weighted by Crippen LogP contribution is -2.51. The van der Waals surface area contributed by atoms with Crippen molar-refractivity contribution in [2.45, 2.75) is 51.0 Å². The molecule has 0 bridgehead atoms. The Morgan fingerprint density at radius 1 is 1.17 bits per heavy atom. The topological polar surface area (TPSA) is 119 Å². The second-order valence-corrected chi connectivity index (χ2v) is 12.2. The van der Waals surface area contributed by atoms with Crippen molar-refractivity contribution in [3.05, 3.63) is 71.6 Å². The summed E-state index contributed by atoms with van der Waals surface area (Å²) in [7, 11) is 1.93. The van der Waals surface area contributed by atoms with Crippen LogP contribution >= 0.6 is 0 Å². The van der Waals surface area contributed by atoms with Crippen LogP contribution in [0.3, 0.4) is 0 Å². The largest absolute Gasteiger partial charge is 0.364 e. The lowest BCUT2D eigenvalue weighted by Gasteiger charge is -2.46. The summed E-state index contributed by atoms with van der Waals surface area (Å²) in [6.45, 7) is 4.04. The van der Waals surface area contributed by atoms with E-state index < -0.39 is 23.7 Å². The number of hydrogen-bond acceptors (Lipinski definition) is 6. The molecule has 0 spiro atoms. The van der Waals surface area contributed by atoms with Gasteiger partial charge in [-0.1, -0.05) is 26.0 Å². The van der Waals surface area contributed by atoms with Crippen LogP contribution < -0.4 is 5.73 Å². The number of nitrogens with zero attached hydrogens (tertiary/aromatic N) is 7. The van der Waals surface area contributed by atoms with Gasteiger partial charge in [0.1, 0.15) is 17.8 Å². The molecule has 218 valence electrons. The average Bonchev–Trinajstić information content (AvgIpc) is 3.56. The second kappa shape index (κ2) is 10.3. The van der Waals surface area contributed by atoms with E-state index in [1.165, 1.54) is 0 Å². The van der Waals surface area contributed by atoms with Gasteiger partial charge in [-0.05, 0) is 54.2 Å². The summed E-state index contributed by atoms with van der Waals surface area (Å²) in [5.74, 6) is -3.79. The average molecular weight is 573 g/mol. The Hall–Kier alpha value is -4.17. The number of aryl methyl sites for hydroxylation is 1. The SMILES string of the molecule is C[C@@H]1CN(Cc2cc(C(N)=O)nc3ccn(-c4cccc(C5(c6nncn6C)CC(CC#N)C5)c4)c23)C[C@H](C)C1(F)F. The Labute approximate surface area is 243 Å². The number of likely N-dealkylation sites (tertiary alicyclic amines) is 1. The fourth-order valence-corrected chi connectivity index (χ4v) is 7.05. The van der Waals surface area contributed by atoms with Crippen LogP contribution in [-0.4, -0.2) is 54.1 Å². The highest BCUT2D eigenvalue weighted by molar-refractivity contribution is 5.94. The highest BCUT2D eigenvalue weighted by Crippen LogP contribution is 2.53. The van der Waals surface area contributed by atoms with E-state index in [2.05, 4.69) is 33.4 Å². The number of amides is 1. The van der Waals surface area contributed by atoms with Crippen LogP contribution in [0.1, 0.15) is 60.5 Å². The van der Waals surface area contributed by atoms with Crippen molar-refractivity contribution in [2.24, 2.45) is 30.5 Å². The van der Waals surface area contributed by atoms with Crippen LogP contribution in [0.15, 0.2) is 48.9 Å². The van der Waals surface area contributed by atoms with E-state index in [9.17, 15) is 18.8 Å². The molecule has 0 unspecified atom stereocenters. The molecule has 6 rings (SSSR count). The molecule has 1 aliphatic carbocycles. The Morgan fingerprint density at radius 2 is 1.90 bits per heavy atom. The number of carbonyl (C=O) groups is 1. The molecule has 2 aliphatic rings. The van der Waals surface area contributed by atoms with Gasteiger partial charge in [-0.15, -0.1) is 10.2 Å². The van der Waals surface area contributed by atoms with Crippen molar-refractivity contribution in [2.75, 3.05) is 13.1 Å². The first-order valence-corrected chi connectivity index (χ1v) is 14.3. The van der Waals surface area contributed by atoms with Gasteiger partial charge in [0.15, 0.2) is 0 Å². The van der Waals surface area contributed by atoms with E-state index in [-0.39, 0.29) is 30.1 Å². The number of alkyl halides is 2. The molecule has 1 amide bonds. The first-order valence-electron chi connectivity index (χ1n) is 14.3. The minimum Gasteiger partial charge on any atom is -0.364 e. The molecule has 2 atom stereocenters. The van der Waals surface area contributed by atoms with Crippen LogP contribution in [-0.2, 0) is 19.0 Å². The van der Waals surface area contributed by atoms with Crippen LogP contribution in [0.25, 0.3) is 16.7 Å². The third kappa shape index (κ3) is 4.54. The molecule has 4 heterocycles. The number of nitrogens with two attached hydrogens (primary N) is 1. The summed E-state index contributed by atoms with van der Waals surface area (Å²) in [6, 6.07) is 14.1. The molecule has 0 radical (unpaired) electrons. The predicted molar refractivity (Wildman–Crippen MR) is 153 cm³/mol. The zero-order chi connectivity index (χ0) is 29.8. The standard InChI is InChI=1S/C31H34F2N8O/c1-19-15-40(16-20(2)31(19,32)33)17-22-11-26(28(35)42)37-25-8-10-41(27(22)25)24-6-4-5-23(12-24)30(13-21(14-30)7-9-34)29-38-36-18-39(29)3/h4-6,8,10-12,18-21H,7,13-17H2,1-3H3,(H2,35,42)/t19-,20+,21?,30?. The van der Waals surface area contributed by atoms with Gasteiger partial charge in [0.05, 0.1) is 22.5 Å². The van der Waals surface area contributed by atoms with Gasteiger partial charge >= 0.3 is 0 Å². The van der Waals surface area contributed by atoms with Crippen molar-refractivity contribution in [1.82, 2.24) is 29.2 Å². The molecular weight excluding hydrogens is 538 g/mol. The van der Waals surface area contributed by atoms with E-state index in [0.29, 0.717) is 18.5 Å². The lowest BCUT2D eigenvalue weighted by molar-refractivity contribution is -0.140. The van der Waals surface area contributed by atoms with Gasteiger partial charge in [0.2, 0.25) is 0 Å². The first-order chi connectivity index (χ1) is 20.0. The van der Waals surface area contributed by atoms with E-state index in [0.717, 1.165) is 41.0 Å². The van der Waals surface area contributed by atoms with Gasteiger partial charge in [0, 0.05) is 56.8 Å². The highest BCUT2D eigenvalue weighted by atomic mass is 19.3. The first kappa shape index (κ1) is 28.0. The number of halogens is 2. The van der Waals surface area contributed by atoms with Gasteiger partial charge < -0.3 is 14.9 Å². The van der Waals surface area contributed by atoms with Gasteiger partial charge in [-0.25, -0.2) is 13.8 Å². The number of aromatic nitrogens is 5. The molecule has 1 saturated heterocycles. The van der Waals surface area contributed by atoms with Crippen molar-refractivity contribution >= 4 is 16.9 Å². The van der Waals surface area contributed by atoms with E-state index in [1.54, 1.807) is 26.2 Å². The Bertz CT molecular complexity index is 1680. The molecule has 9 nitrogen and oxygen atoms in total. The Morgan fingerprint density at radius 3 is 2.55 bits per heavy atom. The minimum atomic E-state index is -2.73. The summed E-state index contributed by atoms with van der Waals surface area (Å²) < 4.78 is 33.2. The molecule has 1 aromatic carbocycles. The predicted octanol–water partition coefficient (Wildman–Crippen LogP) is 4.59. The zero-order valence-corrected chi connectivity index (χ0v) is 24.0. The maximum Gasteiger partial charge on any atom is 0.267 e. The van der Waals surface area contributed by atoms with E-state index in [1.807, 2.05) is 45.5 Å². The number of rotatable bonds is 7. The summed E-state index contributed by atoms with van der Waals surface area (Å²) in [4.78, 5) is 18.7. The fourth-order valence-electron chi connectivity index (χ4n) is 7.05. The Kier molecular flexibility index (Phi) is 6.84. The molecule has 4 aromatic rings. The van der Waals surface area contributed by atoms with E-state index in [4.69, 9.17) is 5.73 Å². The maximum atomic E-state index is 14.6. The number of pyridine rings is 1.